The fourth-order valence-electron chi connectivity index (χ4n) is 5.46. The Bertz CT molecular complexity index is 547. The normalized spacial score (nSPS) is 28.6. The molecule has 158 valence electrons. The van der Waals surface area contributed by atoms with Crippen LogP contribution in [0.1, 0.15) is 70.6 Å². The molecule has 1 atom stereocenters. The number of hydrogen-bond acceptors (Lipinski definition) is 4. The molecular formula is C22H36N2O4. The maximum absolute atomic E-state index is 12.8. The van der Waals surface area contributed by atoms with E-state index in [-0.39, 0.29) is 30.1 Å². The lowest BCUT2D eigenvalue weighted by atomic mass is 9.82. The molecule has 28 heavy (non-hydrogen) atoms. The van der Waals surface area contributed by atoms with E-state index in [0.29, 0.717) is 12.5 Å². The van der Waals surface area contributed by atoms with Gasteiger partial charge in [0.05, 0.1) is 11.7 Å². The molecule has 3 heterocycles. The molecule has 1 saturated carbocycles. The number of amides is 2. The zero-order valence-corrected chi connectivity index (χ0v) is 17.2. The lowest BCUT2D eigenvalue weighted by Gasteiger charge is -2.46. The van der Waals surface area contributed by atoms with Crippen molar-refractivity contribution in [2.75, 3.05) is 39.4 Å². The van der Waals surface area contributed by atoms with Crippen LogP contribution in [0.2, 0.25) is 0 Å². The number of carbonyl (C=O) groups is 2. The van der Waals surface area contributed by atoms with Gasteiger partial charge < -0.3 is 19.3 Å². The minimum Gasteiger partial charge on any atom is -0.375 e. The van der Waals surface area contributed by atoms with Gasteiger partial charge in [0.25, 0.3) is 0 Å². The fourth-order valence-corrected chi connectivity index (χ4v) is 5.46. The van der Waals surface area contributed by atoms with E-state index in [2.05, 4.69) is 4.90 Å². The minimum absolute atomic E-state index is 0.0981. The number of piperidine rings is 1. The summed E-state index contributed by atoms with van der Waals surface area (Å²) in [5.74, 6) is 0.753. The van der Waals surface area contributed by atoms with E-state index in [1.54, 1.807) is 0 Å². The number of ether oxygens (including phenoxy) is 2. The van der Waals surface area contributed by atoms with E-state index < -0.39 is 0 Å². The third kappa shape index (κ3) is 4.70. The summed E-state index contributed by atoms with van der Waals surface area (Å²) in [6.07, 6.45) is 11.6. The molecule has 1 spiro atoms. The maximum Gasteiger partial charge on any atom is 0.248 e. The first-order valence-electron chi connectivity index (χ1n) is 11.5. The lowest BCUT2D eigenvalue weighted by Crippen LogP contribution is -2.53. The molecule has 0 aromatic rings. The number of rotatable bonds is 4. The molecule has 0 aromatic heterocycles. The predicted molar refractivity (Wildman–Crippen MR) is 106 cm³/mol. The third-order valence-electron chi connectivity index (χ3n) is 7.29. The van der Waals surface area contributed by atoms with Gasteiger partial charge in [-0.25, -0.2) is 0 Å². The molecule has 4 aliphatic rings. The molecule has 6 nitrogen and oxygen atoms in total. The van der Waals surface area contributed by atoms with E-state index in [1.807, 2.05) is 4.90 Å². The number of carbonyl (C=O) groups excluding carboxylic acids is 2. The standard InChI is InChI=1S/C22H36N2O4/c25-20(23-11-4-5-12-23)17-27-19-8-15-28-22(16-19)9-13-24(14-10-22)21(26)18-6-2-1-3-7-18/h18-19H,1-17H2. The first-order valence-corrected chi connectivity index (χ1v) is 11.5. The van der Waals surface area contributed by atoms with Gasteiger partial charge in [-0.3, -0.25) is 9.59 Å². The van der Waals surface area contributed by atoms with Gasteiger partial charge in [-0.1, -0.05) is 19.3 Å². The van der Waals surface area contributed by atoms with Crippen molar-refractivity contribution in [3.63, 3.8) is 0 Å². The monoisotopic (exact) mass is 392 g/mol. The molecule has 6 heteroatoms. The zero-order chi connectivity index (χ0) is 19.4. The first kappa shape index (κ1) is 20.1. The molecule has 0 radical (unpaired) electrons. The topological polar surface area (TPSA) is 59.1 Å². The Labute approximate surface area is 168 Å². The van der Waals surface area contributed by atoms with Gasteiger partial charge in [0.1, 0.15) is 6.61 Å². The SMILES string of the molecule is O=C(COC1CCOC2(CCN(C(=O)C3CCCCC3)CC2)C1)N1CCCC1. The summed E-state index contributed by atoms with van der Waals surface area (Å²) in [4.78, 5) is 29.1. The lowest BCUT2D eigenvalue weighted by molar-refractivity contribution is -0.168. The molecule has 0 bridgehead atoms. The van der Waals surface area contributed by atoms with Crippen molar-refractivity contribution in [2.45, 2.75) is 82.3 Å². The molecule has 0 N–H and O–H groups in total. The first-order chi connectivity index (χ1) is 13.7. The molecule has 0 aromatic carbocycles. The van der Waals surface area contributed by atoms with Gasteiger partial charge in [0.15, 0.2) is 0 Å². The Morgan fingerprint density at radius 2 is 1.61 bits per heavy atom. The van der Waals surface area contributed by atoms with Crippen LogP contribution in [0.4, 0.5) is 0 Å². The Morgan fingerprint density at radius 3 is 2.32 bits per heavy atom. The smallest absolute Gasteiger partial charge is 0.248 e. The van der Waals surface area contributed by atoms with E-state index >= 15 is 0 Å². The van der Waals surface area contributed by atoms with Crippen molar-refractivity contribution in [3.05, 3.63) is 0 Å². The fraction of sp³-hybridized carbons (Fsp3) is 0.909. The molecule has 4 fully saturated rings. The number of likely N-dealkylation sites (tertiary alicyclic amines) is 2. The molecule has 3 aliphatic heterocycles. The molecule has 2 amide bonds. The van der Waals surface area contributed by atoms with Gasteiger partial charge in [0, 0.05) is 45.1 Å². The highest BCUT2D eigenvalue weighted by Gasteiger charge is 2.42. The van der Waals surface area contributed by atoms with Crippen molar-refractivity contribution >= 4 is 11.8 Å². The van der Waals surface area contributed by atoms with Crippen molar-refractivity contribution in [1.82, 2.24) is 9.80 Å². The summed E-state index contributed by atoms with van der Waals surface area (Å²) in [5.41, 5.74) is -0.164. The van der Waals surface area contributed by atoms with Crippen LogP contribution in [0, 0.1) is 5.92 Å². The zero-order valence-electron chi connectivity index (χ0n) is 17.2. The van der Waals surface area contributed by atoms with Gasteiger partial charge in [0.2, 0.25) is 11.8 Å². The van der Waals surface area contributed by atoms with Crippen molar-refractivity contribution in [3.8, 4) is 0 Å². The van der Waals surface area contributed by atoms with Crippen LogP contribution in [0.15, 0.2) is 0 Å². The van der Waals surface area contributed by atoms with Crippen LogP contribution in [0.5, 0.6) is 0 Å². The van der Waals surface area contributed by atoms with E-state index in [4.69, 9.17) is 9.47 Å². The average molecular weight is 393 g/mol. The predicted octanol–water partition coefficient (Wildman–Crippen LogP) is 2.75. The van der Waals surface area contributed by atoms with Gasteiger partial charge in [-0.15, -0.1) is 0 Å². The van der Waals surface area contributed by atoms with Gasteiger partial charge in [-0.05, 0) is 44.9 Å². The quantitative estimate of drug-likeness (QED) is 0.738. The average Bonchev–Trinajstić information content (AvgIpc) is 3.28. The van der Waals surface area contributed by atoms with Crippen LogP contribution in [0.3, 0.4) is 0 Å². The Hall–Kier alpha value is -1.14. The van der Waals surface area contributed by atoms with E-state index in [0.717, 1.165) is 77.5 Å². The second-order valence-electron chi connectivity index (χ2n) is 9.21. The van der Waals surface area contributed by atoms with Gasteiger partial charge >= 0.3 is 0 Å². The van der Waals surface area contributed by atoms with Crippen molar-refractivity contribution in [1.29, 1.82) is 0 Å². The summed E-state index contributed by atoms with van der Waals surface area (Å²) in [5, 5.41) is 0. The van der Waals surface area contributed by atoms with E-state index in [9.17, 15) is 9.59 Å². The van der Waals surface area contributed by atoms with Crippen molar-refractivity contribution < 1.29 is 19.1 Å². The van der Waals surface area contributed by atoms with Crippen LogP contribution in [-0.4, -0.2) is 72.7 Å². The Balaban J connectivity index is 1.24. The summed E-state index contributed by atoms with van der Waals surface area (Å²) in [6.45, 7) is 4.26. The molecule has 3 saturated heterocycles. The molecule has 4 rings (SSSR count). The molecular weight excluding hydrogens is 356 g/mol. The van der Waals surface area contributed by atoms with Crippen LogP contribution in [-0.2, 0) is 19.1 Å². The van der Waals surface area contributed by atoms with Gasteiger partial charge in [-0.2, -0.15) is 0 Å². The summed E-state index contributed by atoms with van der Waals surface area (Å²) < 4.78 is 12.2. The highest BCUT2D eigenvalue weighted by Crippen LogP contribution is 2.37. The summed E-state index contributed by atoms with van der Waals surface area (Å²) in [7, 11) is 0. The largest absolute Gasteiger partial charge is 0.375 e. The second kappa shape index (κ2) is 9.12. The second-order valence-corrected chi connectivity index (χ2v) is 9.21. The highest BCUT2D eigenvalue weighted by molar-refractivity contribution is 5.79. The van der Waals surface area contributed by atoms with E-state index in [1.165, 1.54) is 19.3 Å². The summed E-state index contributed by atoms with van der Waals surface area (Å²) >= 11 is 0. The van der Waals surface area contributed by atoms with Crippen LogP contribution >= 0.6 is 0 Å². The molecule has 1 aliphatic carbocycles. The highest BCUT2D eigenvalue weighted by atomic mass is 16.5. The Morgan fingerprint density at radius 1 is 0.893 bits per heavy atom. The number of nitrogens with zero attached hydrogens (tertiary/aromatic N) is 2. The minimum atomic E-state index is -0.164. The number of hydrogen-bond donors (Lipinski definition) is 0. The van der Waals surface area contributed by atoms with Crippen molar-refractivity contribution in [2.24, 2.45) is 5.92 Å². The summed E-state index contributed by atoms with van der Waals surface area (Å²) in [6, 6.07) is 0. The Kier molecular flexibility index (Phi) is 6.56. The van der Waals surface area contributed by atoms with Crippen LogP contribution in [0.25, 0.3) is 0 Å². The van der Waals surface area contributed by atoms with Crippen LogP contribution < -0.4 is 0 Å². The maximum atomic E-state index is 12.8. The molecule has 1 unspecified atom stereocenters. The third-order valence-corrected chi connectivity index (χ3v) is 7.29.